The summed E-state index contributed by atoms with van der Waals surface area (Å²) in [6.07, 6.45) is 2.55. The predicted octanol–water partition coefficient (Wildman–Crippen LogP) is 3.59. The lowest BCUT2D eigenvalue weighted by molar-refractivity contribution is 0.194. The van der Waals surface area contributed by atoms with E-state index in [-0.39, 0.29) is 17.8 Å². The van der Waals surface area contributed by atoms with Gasteiger partial charge in [0.25, 0.3) is 0 Å². The van der Waals surface area contributed by atoms with Gasteiger partial charge in [-0.15, -0.1) is 12.4 Å². The molecule has 2 rings (SSSR count). The van der Waals surface area contributed by atoms with Crippen molar-refractivity contribution >= 4 is 12.4 Å². The van der Waals surface area contributed by atoms with E-state index in [1.807, 2.05) is 0 Å². The van der Waals surface area contributed by atoms with E-state index in [9.17, 15) is 0 Å². The highest BCUT2D eigenvalue weighted by atomic mass is 35.5. The molecule has 114 valence electrons. The van der Waals surface area contributed by atoms with Gasteiger partial charge in [0.1, 0.15) is 0 Å². The second-order valence-corrected chi connectivity index (χ2v) is 6.79. The van der Waals surface area contributed by atoms with Crippen LogP contribution in [0.3, 0.4) is 0 Å². The van der Waals surface area contributed by atoms with Gasteiger partial charge in [-0.25, -0.2) is 0 Å². The largest absolute Gasteiger partial charge is 0.317 e. The first kappa shape index (κ1) is 17.5. The maximum absolute atomic E-state index is 3.39. The van der Waals surface area contributed by atoms with Gasteiger partial charge >= 0.3 is 0 Å². The molecule has 1 aromatic carbocycles. The van der Waals surface area contributed by atoms with E-state index in [0.29, 0.717) is 0 Å². The van der Waals surface area contributed by atoms with E-state index in [1.54, 1.807) is 0 Å². The highest BCUT2D eigenvalue weighted by Crippen LogP contribution is 2.23. The van der Waals surface area contributed by atoms with Gasteiger partial charge in [0.2, 0.25) is 0 Å². The van der Waals surface area contributed by atoms with Crippen molar-refractivity contribution in [2.24, 2.45) is 0 Å². The van der Waals surface area contributed by atoms with Gasteiger partial charge in [-0.2, -0.15) is 0 Å². The molecule has 1 saturated heterocycles. The molecule has 0 bridgehead atoms. The molecule has 3 heteroatoms. The second kappa shape index (κ2) is 7.44. The van der Waals surface area contributed by atoms with Crippen molar-refractivity contribution in [3.05, 3.63) is 35.4 Å². The zero-order valence-corrected chi connectivity index (χ0v) is 14.1. The third kappa shape index (κ3) is 4.76. The molecule has 2 nitrogen and oxygen atoms in total. The van der Waals surface area contributed by atoms with Crippen molar-refractivity contribution in [3.8, 4) is 0 Å². The van der Waals surface area contributed by atoms with E-state index in [0.717, 1.165) is 12.6 Å². The molecule has 1 N–H and O–H groups in total. The molecule has 20 heavy (non-hydrogen) atoms. The van der Waals surface area contributed by atoms with Crippen molar-refractivity contribution < 1.29 is 0 Å². The van der Waals surface area contributed by atoms with Crippen LogP contribution in [0.5, 0.6) is 0 Å². The smallest absolute Gasteiger partial charge is 0.0233 e. The molecule has 1 fully saturated rings. The topological polar surface area (TPSA) is 15.3 Å². The number of rotatable bonds is 3. The first-order valence-electron chi connectivity index (χ1n) is 7.48. The molecule has 1 heterocycles. The third-order valence-electron chi connectivity index (χ3n) is 4.22. The number of halogens is 1. The van der Waals surface area contributed by atoms with Crippen LogP contribution in [0.15, 0.2) is 24.3 Å². The number of piperidine rings is 1. The fraction of sp³-hybridized carbons (Fsp3) is 0.647. The van der Waals surface area contributed by atoms with E-state index in [1.165, 1.54) is 37.1 Å². The predicted molar refractivity (Wildman–Crippen MR) is 89.7 cm³/mol. The molecule has 0 amide bonds. The number of likely N-dealkylation sites (tertiary alicyclic amines) is 1. The van der Waals surface area contributed by atoms with Gasteiger partial charge in [-0.05, 0) is 49.5 Å². The average Bonchev–Trinajstić information content (AvgIpc) is 2.39. The molecule has 0 saturated carbocycles. The maximum atomic E-state index is 3.39. The Morgan fingerprint density at radius 1 is 1.10 bits per heavy atom. The number of nitrogens with zero attached hydrogens (tertiary/aromatic N) is 1. The van der Waals surface area contributed by atoms with Crippen LogP contribution in [0.1, 0.15) is 44.7 Å². The lowest BCUT2D eigenvalue weighted by Crippen LogP contribution is -2.40. The summed E-state index contributed by atoms with van der Waals surface area (Å²) in [5, 5.41) is 3.39. The van der Waals surface area contributed by atoms with Crippen molar-refractivity contribution in [1.29, 1.82) is 0 Å². The Kier molecular flexibility index (Phi) is 6.50. The molecule has 0 spiro atoms. The third-order valence-corrected chi connectivity index (χ3v) is 4.22. The summed E-state index contributed by atoms with van der Waals surface area (Å²) >= 11 is 0. The fourth-order valence-corrected chi connectivity index (χ4v) is 2.75. The number of hydrogen-bond donors (Lipinski definition) is 1. The molecule has 0 radical (unpaired) electrons. The van der Waals surface area contributed by atoms with Gasteiger partial charge in [-0.3, -0.25) is 4.90 Å². The first-order valence-corrected chi connectivity index (χ1v) is 7.48. The normalized spacial score (nSPS) is 17.8. The highest BCUT2D eigenvalue weighted by Gasteiger charge is 2.18. The molecule has 1 aliphatic rings. The van der Waals surface area contributed by atoms with Crippen LogP contribution in [-0.2, 0) is 12.0 Å². The minimum atomic E-state index is 0. The summed E-state index contributed by atoms with van der Waals surface area (Å²) in [6, 6.07) is 9.89. The van der Waals surface area contributed by atoms with Gasteiger partial charge < -0.3 is 5.32 Å². The standard InChI is InChI=1S/C17H28N2.ClH/c1-17(2,3)15-7-5-14(6-8-15)13-19-11-9-16(18-4)10-12-19;/h5-8,16,18H,9-13H2,1-4H3;1H. The summed E-state index contributed by atoms with van der Waals surface area (Å²) in [7, 11) is 2.07. The SMILES string of the molecule is CNC1CCN(Cc2ccc(C(C)(C)C)cc2)CC1.Cl. The molecular formula is C17H29ClN2. The van der Waals surface area contributed by atoms with Crippen LogP contribution in [-0.4, -0.2) is 31.1 Å². The quantitative estimate of drug-likeness (QED) is 0.917. The van der Waals surface area contributed by atoms with E-state index in [4.69, 9.17) is 0 Å². The average molecular weight is 297 g/mol. The minimum Gasteiger partial charge on any atom is -0.317 e. The Bertz CT molecular complexity index is 386. The highest BCUT2D eigenvalue weighted by molar-refractivity contribution is 5.85. The fourth-order valence-electron chi connectivity index (χ4n) is 2.75. The first-order chi connectivity index (χ1) is 8.99. The van der Waals surface area contributed by atoms with Crippen molar-refractivity contribution in [2.45, 2.75) is 51.6 Å². The van der Waals surface area contributed by atoms with Crippen LogP contribution in [0.25, 0.3) is 0 Å². The summed E-state index contributed by atoms with van der Waals surface area (Å²) in [5.41, 5.74) is 3.12. The van der Waals surface area contributed by atoms with Gasteiger partial charge in [0, 0.05) is 12.6 Å². The van der Waals surface area contributed by atoms with Crippen LogP contribution < -0.4 is 5.32 Å². The van der Waals surface area contributed by atoms with Crippen LogP contribution in [0.2, 0.25) is 0 Å². The van der Waals surface area contributed by atoms with E-state index >= 15 is 0 Å². The molecular weight excluding hydrogens is 268 g/mol. The lowest BCUT2D eigenvalue weighted by atomic mass is 9.86. The van der Waals surface area contributed by atoms with Gasteiger partial charge in [-0.1, -0.05) is 45.0 Å². The minimum absolute atomic E-state index is 0. The van der Waals surface area contributed by atoms with Crippen molar-refractivity contribution in [1.82, 2.24) is 10.2 Å². The molecule has 0 unspecified atom stereocenters. The monoisotopic (exact) mass is 296 g/mol. The molecule has 0 aromatic heterocycles. The Morgan fingerprint density at radius 2 is 1.65 bits per heavy atom. The number of nitrogens with one attached hydrogen (secondary N) is 1. The Hall–Kier alpha value is -0.570. The van der Waals surface area contributed by atoms with Crippen LogP contribution in [0.4, 0.5) is 0 Å². The van der Waals surface area contributed by atoms with Crippen molar-refractivity contribution in [3.63, 3.8) is 0 Å². The Morgan fingerprint density at radius 3 is 2.10 bits per heavy atom. The Balaban J connectivity index is 0.00000200. The maximum Gasteiger partial charge on any atom is 0.0233 e. The summed E-state index contributed by atoms with van der Waals surface area (Å²) in [6.45, 7) is 10.3. The van der Waals surface area contributed by atoms with Crippen LogP contribution in [0, 0.1) is 0 Å². The number of hydrogen-bond acceptors (Lipinski definition) is 2. The molecule has 0 atom stereocenters. The molecule has 1 aromatic rings. The van der Waals surface area contributed by atoms with Gasteiger partial charge in [0.15, 0.2) is 0 Å². The van der Waals surface area contributed by atoms with E-state index in [2.05, 4.69) is 62.3 Å². The molecule has 1 aliphatic heterocycles. The summed E-state index contributed by atoms with van der Waals surface area (Å²) in [5.74, 6) is 0. The zero-order chi connectivity index (χ0) is 13.9. The van der Waals surface area contributed by atoms with Crippen LogP contribution >= 0.6 is 12.4 Å². The zero-order valence-electron chi connectivity index (χ0n) is 13.3. The number of benzene rings is 1. The Labute approximate surface area is 130 Å². The second-order valence-electron chi connectivity index (χ2n) is 6.79. The molecule has 0 aliphatic carbocycles. The van der Waals surface area contributed by atoms with E-state index < -0.39 is 0 Å². The summed E-state index contributed by atoms with van der Waals surface area (Å²) in [4.78, 5) is 2.57. The van der Waals surface area contributed by atoms with Gasteiger partial charge in [0.05, 0.1) is 0 Å². The lowest BCUT2D eigenvalue weighted by Gasteiger charge is -2.31. The van der Waals surface area contributed by atoms with Crippen molar-refractivity contribution in [2.75, 3.05) is 20.1 Å². The summed E-state index contributed by atoms with van der Waals surface area (Å²) < 4.78 is 0.